The van der Waals surface area contributed by atoms with E-state index in [0.29, 0.717) is 22.9 Å². The van der Waals surface area contributed by atoms with Crippen LogP contribution in [-0.2, 0) is 4.79 Å². The van der Waals surface area contributed by atoms with Gasteiger partial charge in [-0.15, -0.1) is 0 Å². The van der Waals surface area contributed by atoms with Crippen molar-refractivity contribution in [1.29, 1.82) is 0 Å². The van der Waals surface area contributed by atoms with Crippen LogP contribution in [0.25, 0.3) is 0 Å². The van der Waals surface area contributed by atoms with Crippen LogP contribution in [0.3, 0.4) is 0 Å². The summed E-state index contributed by atoms with van der Waals surface area (Å²) < 4.78 is 0. The first-order valence-corrected chi connectivity index (χ1v) is 7.61. The number of halogens is 1. The van der Waals surface area contributed by atoms with E-state index < -0.39 is 0 Å². The molecule has 0 saturated carbocycles. The van der Waals surface area contributed by atoms with Crippen LogP contribution < -0.4 is 4.90 Å². The van der Waals surface area contributed by atoms with Gasteiger partial charge in [0.15, 0.2) is 0 Å². The molecule has 5 nitrogen and oxygen atoms in total. The molecule has 3 heterocycles. The molecule has 108 valence electrons. The zero-order valence-corrected chi connectivity index (χ0v) is 12.2. The highest BCUT2D eigenvalue weighted by Crippen LogP contribution is 2.23. The van der Waals surface area contributed by atoms with Gasteiger partial charge in [-0.25, -0.2) is 9.97 Å². The van der Waals surface area contributed by atoms with Crippen LogP contribution in [0.4, 0.5) is 5.95 Å². The summed E-state index contributed by atoms with van der Waals surface area (Å²) in [6, 6.07) is 1.69. The quantitative estimate of drug-likeness (QED) is 0.800. The zero-order valence-electron chi connectivity index (χ0n) is 11.5. The predicted octanol–water partition coefficient (Wildman–Crippen LogP) is 1.97. The van der Waals surface area contributed by atoms with E-state index in [-0.39, 0.29) is 0 Å². The van der Waals surface area contributed by atoms with Crippen molar-refractivity contribution in [3.05, 3.63) is 17.4 Å². The van der Waals surface area contributed by atoms with Crippen molar-refractivity contribution in [3.8, 4) is 0 Å². The number of anilines is 1. The maximum absolute atomic E-state index is 11.7. The van der Waals surface area contributed by atoms with Gasteiger partial charge in [0, 0.05) is 38.8 Å². The third-order valence-electron chi connectivity index (χ3n) is 4.16. The molecule has 3 rings (SSSR count). The van der Waals surface area contributed by atoms with Gasteiger partial charge < -0.3 is 9.80 Å². The molecule has 2 aliphatic rings. The van der Waals surface area contributed by atoms with E-state index in [4.69, 9.17) is 11.6 Å². The molecular formula is C14H19ClN4O. The third-order valence-corrected chi connectivity index (χ3v) is 4.37. The van der Waals surface area contributed by atoms with Gasteiger partial charge in [0.2, 0.25) is 11.9 Å². The number of piperidine rings is 1. The van der Waals surface area contributed by atoms with Gasteiger partial charge in [0.05, 0.1) is 0 Å². The van der Waals surface area contributed by atoms with Gasteiger partial charge in [-0.2, -0.15) is 0 Å². The van der Waals surface area contributed by atoms with Crippen LogP contribution in [0.2, 0.25) is 5.15 Å². The average molecular weight is 295 g/mol. The Balaban J connectivity index is 1.53. The van der Waals surface area contributed by atoms with Crippen LogP contribution >= 0.6 is 11.6 Å². The molecule has 0 atom stereocenters. The van der Waals surface area contributed by atoms with Crippen LogP contribution in [0.15, 0.2) is 12.3 Å². The normalized spacial score (nSPS) is 20.8. The van der Waals surface area contributed by atoms with Crippen molar-refractivity contribution >= 4 is 23.5 Å². The number of likely N-dealkylation sites (tertiary alicyclic amines) is 1. The van der Waals surface area contributed by atoms with Crippen molar-refractivity contribution < 1.29 is 4.79 Å². The smallest absolute Gasteiger partial charge is 0.226 e. The number of hydrogen-bond donors (Lipinski definition) is 0. The largest absolute Gasteiger partial charge is 0.342 e. The van der Waals surface area contributed by atoms with Crippen molar-refractivity contribution in [3.63, 3.8) is 0 Å². The van der Waals surface area contributed by atoms with Gasteiger partial charge >= 0.3 is 0 Å². The Morgan fingerprint density at radius 3 is 2.75 bits per heavy atom. The molecule has 0 bridgehead atoms. The second kappa shape index (κ2) is 5.95. The minimum absolute atomic E-state index is 0.325. The highest BCUT2D eigenvalue weighted by atomic mass is 35.5. The van der Waals surface area contributed by atoms with Crippen LogP contribution in [0, 0.1) is 5.92 Å². The summed E-state index contributed by atoms with van der Waals surface area (Å²) in [5.74, 6) is 1.64. The van der Waals surface area contributed by atoms with E-state index in [9.17, 15) is 4.79 Å². The van der Waals surface area contributed by atoms with Gasteiger partial charge in [-0.3, -0.25) is 4.79 Å². The lowest BCUT2D eigenvalue weighted by molar-refractivity contribution is -0.128. The maximum atomic E-state index is 11.7. The SMILES string of the molecule is O=C1CCCN1CC1CCN(c2nccc(Cl)n2)CC1. The zero-order chi connectivity index (χ0) is 13.9. The second-order valence-electron chi connectivity index (χ2n) is 5.55. The fourth-order valence-corrected chi connectivity index (χ4v) is 3.14. The van der Waals surface area contributed by atoms with E-state index in [0.717, 1.165) is 51.9 Å². The highest BCUT2D eigenvalue weighted by Gasteiger charge is 2.26. The molecule has 1 aromatic rings. The molecule has 1 amide bonds. The first-order valence-electron chi connectivity index (χ1n) is 7.23. The minimum atomic E-state index is 0.325. The topological polar surface area (TPSA) is 49.3 Å². The van der Waals surface area contributed by atoms with Gasteiger partial charge in [-0.05, 0) is 31.2 Å². The second-order valence-corrected chi connectivity index (χ2v) is 5.94. The Labute approximate surface area is 123 Å². The van der Waals surface area contributed by atoms with Crippen LogP contribution in [0.5, 0.6) is 0 Å². The molecular weight excluding hydrogens is 276 g/mol. The Morgan fingerprint density at radius 2 is 2.10 bits per heavy atom. The molecule has 6 heteroatoms. The highest BCUT2D eigenvalue weighted by molar-refractivity contribution is 6.29. The molecule has 2 saturated heterocycles. The number of carbonyl (C=O) groups is 1. The van der Waals surface area contributed by atoms with Gasteiger partial charge in [-0.1, -0.05) is 11.6 Å². The summed E-state index contributed by atoms with van der Waals surface area (Å²) in [6.07, 6.45) is 5.61. The van der Waals surface area contributed by atoms with Gasteiger partial charge in [0.1, 0.15) is 5.15 Å². The summed E-state index contributed by atoms with van der Waals surface area (Å²) >= 11 is 5.90. The molecule has 2 fully saturated rings. The summed E-state index contributed by atoms with van der Waals surface area (Å²) in [5.41, 5.74) is 0. The molecule has 1 aromatic heterocycles. The van der Waals surface area contributed by atoms with E-state index >= 15 is 0 Å². The molecule has 2 aliphatic heterocycles. The number of carbonyl (C=O) groups excluding carboxylic acids is 1. The van der Waals surface area contributed by atoms with E-state index in [1.165, 1.54) is 0 Å². The summed E-state index contributed by atoms with van der Waals surface area (Å²) in [7, 11) is 0. The molecule has 0 radical (unpaired) electrons. The lowest BCUT2D eigenvalue weighted by atomic mass is 9.96. The number of rotatable bonds is 3. The summed E-state index contributed by atoms with van der Waals surface area (Å²) in [4.78, 5) is 24.4. The standard InChI is InChI=1S/C14H19ClN4O/c15-12-3-6-16-14(17-12)18-8-4-11(5-9-18)10-19-7-1-2-13(19)20/h3,6,11H,1-2,4-5,7-10H2. The molecule has 0 aromatic carbocycles. The number of aromatic nitrogens is 2. The van der Waals surface area contributed by atoms with Crippen LogP contribution in [0.1, 0.15) is 25.7 Å². The Hall–Kier alpha value is -1.36. The molecule has 0 N–H and O–H groups in total. The lowest BCUT2D eigenvalue weighted by Gasteiger charge is -2.33. The first kappa shape index (κ1) is 13.6. The fraction of sp³-hybridized carbons (Fsp3) is 0.643. The minimum Gasteiger partial charge on any atom is -0.342 e. The fourth-order valence-electron chi connectivity index (χ4n) is 3.00. The van der Waals surface area contributed by atoms with Crippen molar-refractivity contribution in [2.45, 2.75) is 25.7 Å². The molecule has 20 heavy (non-hydrogen) atoms. The average Bonchev–Trinajstić information content (AvgIpc) is 2.85. The third kappa shape index (κ3) is 3.03. The van der Waals surface area contributed by atoms with Crippen molar-refractivity contribution in [2.75, 3.05) is 31.1 Å². The summed E-state index contributed by atoms with van der Waals surface area (Å²) in [5, 5.41) is 0.486. The van der Waals surface area contributed by atoms with Crippen LogP contribution in [-0.4, -0.2) is 47.0 Å². The first-order chi connectivity index (χ1) is 9.72. The Kier molecular flexibility index (Phi) is 4.05. The van der Waals surface area contributed by atoms with E-state index in [2.05, 4.69) is 14.9 Å². The Bertz CT molecular complexity index is 488. The number of hydrogen-bond acceptors (Lipinski definition) is 4. The van der Waals surface area contributed by atoms with Crippen molar-refractivity contribution in [1.82, 2.24) is 14.9 Å². The molecule has 0 aliphatic carbocycles. The number of amides is 1. The number of nitrogens with zero attached hydrogens (tertiary/aromatic N) is 4. The van der Waals surface area contributed by atoms with Crippen molar-refractivity contribution in [2.24, 2.45) is 5.92 Å². The van der Waals surface area contributed by atoms with E-state index in [1.807, 2.05) is 4.90 Å². The molecule has 0 spiro atoms. The monoisotopic (exact) mass is 294 g/mol. The predicted molar refractivity (Wildman–Crippen MR) is 77.8 cm³/mol. The Morgan fingerprint density at radius 1 is 1.30 bits per heavy atom. The van der Waals surface area contributed by atoms with Gasteiger partial charge in [0.25, 0.3) is 0 Å². The molecule has 0 unspecified atom stereocenters. The summed E-state index contributed by atoms with van der Waals surface area (Å²) in [6.45, 7) is 3.74. The lowest BCUT2D eigenvalue weighted by Crippen LogP contribution is -2.39. The van der Waals surface area contributed by atoms with E-state index in [1.54, 1.807) is 12.3 Å². The maximum Gasteiger partial charge on any atom is 0.226 e.